The third kappa shape index (κ3) is 5.35. The Labute approximate surface area is 179 Å². The fourth-order valence-corrected chi connectivity index (χ4v) is 4.69. The molecule has 9 heteroatoms. The van der Waals surface area contributed by atoms with Crippen LogP contribution < -0.4 is 9.54 Å². The van der Waals surface area contributed by atoms with Crippen molar-refractivity contribution < 1.29 is 22.7 Å². The smallest absolute Gasteiger partial charge is 0.252 e. The maximum atomic E-state index is 12.6. The maximum absolute atomic E-state index is 12.6. The summed E-state index contributed by atoms with van der Waals surface area (Å²) in [6.45, 7) is 3.65. The molecular weight excluding hydrogens is 424 g/mol. The summed E-state index contributed by atoms with van der Waals surface area (Å²) in [5.41, 5.74) is 1.67. The average molecular weight is 449 g/mol. The van der Waals surface area contributed by atoms with Crippen molar-refractivity contribution >= 4 is 37.3 Å². The van der Waals surface area contributed by atoms with Crippen molar-refractivity contribution in [2.45, 2.75) is 24.8 Å². The minimum absolute atomic E-state index is 0.0903. The van der Waals surface area contributed by atoms with Gasteiger partial charge in [-0.15, -0.1) is 0 Å². The van der Waals surface area contributed by atoms with Gasteiger partial charge in [-0.25, -0.2) is 8.42 Å². The Morgan fingerprint density at radius 3 is 2.53 bits per heavy atom. The van der Waals surface area contributed by atoms with Gasteiger partial charge in [0, 0.05) is 19.4 Å². The van der Waals surface area contributed by atoms with Crippen molar-refractivity contribution in [3.05, 3.63) is 52.8 Å². The van der Waals surface area contributed by atoms with E-state index in [0.29, 0.717) is 30.1 Å². The quantitative estimate of drug-likeness (QED) is 0.495. The Bertz CT molecular complexity index is 1210. The van der Waals surface area contributed by atoms with Gasteiger partial charge in [0.25, 0.3) is 5.91 Å². The summed E-state index contributed by atoms with van der Waals surface area (Å²) in [6.07, 6.45) is 1.24. The number of amides is 1. The Balaban J connectivity index is 1.91. The molecule has 0 saturated carbocycles. The van der Waals surface area contributed by atoms with E-state index in [2.05, 4.69) is 4.99 Å². The second kappa shape index (κ2) is 9.55. The molecule has 2 aromatic carbocycles. The van der Waals surface area contributed by atoms with Gasteiger partial charge in [0.15, 0.2) is 14.6 Å². The number of methoxy groups -OCH3 is 1. The van der Waals surface area contributed by atoms with Crippen LogP contribution in [0.15, 0.2) is 52.4 Å². The normalized spacial score (nSPS) is 12.4. The maximum Gasteiger partial charge on any atom is 0.252 e. The summed E-state index contributed by atoms with van der Waals surface area (Å²) in [4.78, 5) is 17.7. The van der Waals surface area contributed by atoms with E-state index in [0.717, 1.165) is 22.2 Å². The van der Waals surface area contributed by atoms with E-state index in [4.69, 9.17) is 9.47 Å². The second-order valence-corrected chi connectivity index (χ2v) is 9.69. The van der Waals surface area contributed by atoms with Crippen LogP contribution >= 0.6 is 11.3 Å². The first-order valence-electron chi connectivity index (χ1n) is 9.43. The zero-order chi connectivity index (χ0) is 21.7. The molecule has 30 heavy (non-hydrogen) atoms. The van der Waals surface area contributed by atoms with Gasteiger partial charge in [-0.2, -0.15) is 4.99 Å². The standard InChI is InChI=1S/C21H24N2O5S2/c1-4-28-12-11-23-18-10-7-16(27-2)14-19(18)29-21(23)22-20(24)13-15-5-8-17(9-6-15)30(3,25)26/h5-10,14H,4,11-13H2,1-3H3. The summed E-state index contributed by atoms with van der Waals surface area (Å²) in [7, 11) is -1.65. The molecule has 1 heterocycles. The molecule has 0 fully saturated rings. The molecule has 7 nitrogen and oxygen atoms in total. The van der Waals surface area contributed by atoms with Crippen LogP contribution in [0.2, 0.25) is 0 Å². The van der Waals surface area contributed by atoms with E-state index >= 15 is 0 Å². The second-order valence-electron chi connectivity index (χ2n) is 6.67. The predicted octanol–water partition coefficient (Wildman–Crippen LogP) is 2.82. The van der Waals surface area contributed by atoms with E-state index in [1.54, 1.807) is 19.2 Å². The van der Waals surface area contributed by atoms with Gasteiger partial charge in [-0.05, 0) is 42.8 Å². The third-order valence-electron chi connectivity index (χ3n) is 4.48. The highest BCUT2D eigenvalue weighted by Crippen LogP contribution is 2.23. The van der Waals surface area contributed by atoms with Crippen LogP contribution in [0.25, 0.3) is 10.2 Å². The first kappa shape index (κ1) is 22.2. The number of thiazole rings is 1. The van der Waals surface area contributed by atoms with Crippen LogP contribution in [0.4, 0.5) is 0 Å². The lowest BCUT2D eigenvalue weighted by atomic mass is 10.1. The molecule has 3 aromatic rings. The highest BCUT2D eigenvalue weighted by Gasteiger charge is 2.11. The Hall–Kier alpha value is -2.49. The van der Waals surface area contributed by atoms with Crippen molar-refractivity contribution in [2.24, 2.45) is 4.99 Å². The van der Waals surface area contributed by atoms with Crippen molar-refractivity contribution in [1.29, 1.82) is 0 Å². The number of aromatic nitrogens is 1. The number of hydrogen-bond acceptors (Lipinski definition) is 6. The summed E-state index contributed by atoms with van der Waals surface area (Å²) in [5, 5.41) is 0. The molecule has 3 rings (SSSR count). The summed E-state index contributed by atoms with van der Waals surface area (Å²) in [5.74, 6) is 0.440. The number of sulfone groups is 1. The van der Waals surface area contributed by atoms with Gasteiger partial charge in [-0.1, -0.05) is 23.5 Å². The van der Waals surface area contributed by atoms with Gasteiger partial charge in [0.1, 0.15) is 5.75 Å². The van der Waals surface area contributed by atoms with Gasteiger partial charge in [0.05, 0.1) is 35.2 Å². The summed E-state index contributed by atoms with van der Waals surface area (Å²) >= 11 is 1.42. The summed E-state index contributed by atoms with van der Waals surface area (Å²) < 4.78 is 36.9. The highest BCUT2D eigenvalue weighted by atomic mass is 32.2. The number of hydrogen-bond donors (Lipinski definition) is 0. The van der Waals surface area contributed by atoms with E-state index < -0.39 is 9.84 Å². The number of carbonyl (C=O) groups excluding carboxylic acids is 1. The topological polar surface area (TPSA) is 87.0 Å². The van der Waals surface area contributed by atoms with Crippen LogP contribution in [0.5, 0.6) is 5.75 Å². The molecule has 0 N–H and O–H groups in total. The first-order valence-corrected chi connectivity index (χ1v) is 12.1. The molecule has 0 radical (unpaired) electrons. The van der Waals surface area contributed by atoms with Crippen LogP contribution in [0.3, 0.4) is 0 Å². The van der Waals surface area contributed by atoms with Crippen LogP contribution in [0, 0.1) is 0 Å². The van der Waals surface area contributed by atoms with E-state index in [1.165, 1.54) is 23.5 Å². The largest absolute Gasteiger partial charge is 0.497 e. The van der Waals surface area contributed by atoms with Crippen molar-refractivity contribution in [3.63, 3.8) is 0 Å². The predicted molar refractivity (Wildman–Crippen MR) is 117 cm³/mol. The van der Waals surface area contributed by atoms with E-state index in [-0.39, 0.29) is 17.2 Å². The number of ether oxygens (including phenoxy) is 2. The molecule has 0 bridgehead atoms. The van der Waals surface area contributed by atoms with E-state index in [9.17, 15) is 13.2 Å². The molecule has 0 aliphatic rings. The number of carbonyl (C=O) groups is 1. The SMILES string of the molecule is CCOCCn1c(=NC(=O)Cc2ccc(S(C)(=O)=O)cc2)sc2cc(OC)ccc21. The zero-order valence-corrected chi connectivity index (χ0v) is 18.8. The number of rotatable bonds is 8. The lowest BCUT2D eigenvalue weighted by Crippen LogP contribution is -2.20. The molecular formula is C21H24N2O5S2. The van der Waals surface area contributed by atoms with Crippen LogP contribution in [-0.2, 0) is 32.3 Å². The minimum atomic E-state index is -3.27. The van der Waals surface area contributed by atoms with Gasteiger partial charge in [0.2, 0.25) is 0 Å². The van der Waals surface area contributed by atoms with Gasteiger partial charge in [-0.3, -0.25) is 4.79 Å². The zero-order valence-electron chi connectivity index (χ0n) is 17.1. The third-order valence-corrected chi connectivity index (χ3v) is 6.65. The Morgan fingerprint density at radius 1 is 1.17 bits per heavy atom. The fraction of sp³-hybridized carbons (Fsp3) is 0.333. The fourth-order valence-electron chi connectivity index (χ4n) is 2.96. The van der Waals surface area contributed by atoms with Crippen molar-refractivity contribution in [3.8, 4) is 5.75 Å². The highest BCUT2D eigenvalue weighted by molar-refractivity contribution is 7.90. The van der Waals surface area contributed by atoms with Gasteiger partial charge >= 0.3 is 0 Å². The lowest BCUT2D eigenvalue weighted by Gasteiger charge is -2.06. The van der Waals surface area contributed by atoms with Crippen LogP contribution in [-0.4, -0.2) is 45.5 Å². The number of nitrogens with zero attached hydrogens (tertiary/aromatic N) is 2. The Kier molecular flexibility index (Phi) is 7.06. The number of fused-ring (bicyclic) bond motifs is 1. The molecule has 160 valence electrons. The first-order chi connectivity index (χ1) is 14.3. The molecule has 0 aliphatic carbocycles. The van der Waals surface area contributed by atoms with Gasteiger partial charge < -0.3 is 14.0 Å². The molecule has 0 saturated heterocycles. The molecule has 0 aliphatic heterocycles. The molecule has 0 spiro atoms. The average Bonchev–Trinajstić information content (AvgIpc) is 3.04. The van der Waals surface area contributed by atoms with Crippen LogP contribution in [0.1, 0.15) is 12.5 Å². The molecule has 0 atom stereocenters. The summed E-state index contributed by atoms with van der Waals surface area (Å²) in [6, 6.07) is 12.0. The number of benzene rings is 2. The Morgan fingerprint density at radius 2 is 1.90 bits per heavy atom. The molecule has 1 amide bonds. The molecule has 1 aromatic heterocycles. The van der Waals surface area contributed by atoms with E-state index in [1.807, 2.05) is 29.7 Å². The minimum Gasteiger partial charge on any atom is -0.497 e. The monoisotopic (exact) mass is 448 g/mol. The lowest BCUT2D eigenvalue weighted by molar-refractivity contribution is -0.117. The van der Waals surface area contributed by atoms with Crippen molar-refractivity contribution in [1.82, 2.24) is 4.57 Å². The van der Waals surface area contributed by atoms with Crippen molar-refractivity contribution in [2.75, 3.05) is 26.6 Å². The molecule has 0 unspecified atom stereocenters.